The Kier molecular flexibility index (Phi) is 7.77. The summed E-state index contributed by atoms with van der Waals surface area (Å²) in [6.45, 7) is -5.78. The zero-order valence-electron chi connectivity index (χ0n) is 41.0. The van der Waals surface area contributed by atoms with Gasteiger partial charge in [0, 0.05) is 64.7 Å². The third-order valence-corrected chi connectivity index (χ3v) is 9.48. The number of carbonyl (C=O) groups excluding carboxylic acids is 1. The van der Waals surface area contributed by atoms with E-state index in [1.54, 1.807) is 12.1 Å². The second-order valence-electron chi connectivity index (χ2n) is 12.2. The van der Waals surface area contributed by atoms with Gasteiger partial charge in [0.1, 0.15) is 6.50 Å². The Morgan fingerprint density at radius 2 is 1.72 bits per heavy atom. The summed E-state index contributed by atoms with van der Waals surface area (Å²) in [6, 6.07) is 8.80. The minimum Gasteiger partial charge on any atom is -0.383 e. The van der Waals surface area contributed by atoms with Gasteiger partial charge in [-0.15, -0.1) is 11.8 Å². The first kappa shape index (κ1) is 24.7. The Bertz CT molecular complexity index is 2710. The Labute approximate surface area is 327 Å². The van der Waals surface area contributed by atoms with Crippen LogP contribution in [0.5, 0.6) is 0 Å². The van der Waals surface area contributed by atoms with Crippen LogP contribution in [-0.2, 0) is 34.5 Å². The molecule has 1 amide bonds. The number of methoxy groups -OCH3 is 1. The smallest absolute Gasteiger partial charge is 0.383 e. The van der Waals surface area contributed by atoms with E-state index in [1.807, 2.05) is 0 Å². The van der Waals surface area contributed by atoms with Gasteiger partial charge < -0.3 is 19.1 Å². The molecule has 0 radical (unpaired) electrons. The lowest BCUT2D eigenvalue weighted by Gasteiger charge is -2.39. The first-order valence-corrected chi connectivity index (χ1v) is 17.1. The predicted molar refractivity (Wildman–Crippen MR) is 198 cm³/mol. The summed E-state index contributed by atoms with van der Waals surface area (Å²) < 4.78 is 184. The summed E-state index contributed by atoms with van der Waals surface area (Å²) in [4.78, 5) is 31.7. The molecule has 0 unspecified atom stereocenters. The van der Waals surface area contributed by atoms with Crippen LogP contribution in [0.2, 0.25) is 0 Å². The molecule has 0 spiro atoms. The van der Waals surface area contributed by atoms with Crippen molar-refractivity contribution in [2.45, 2.75) is 55.8 Å². The van der Waals surface area contributed by atoms with E-state index in [0.29, 0.717) is 27.3 Å². The number of hydrogen-bond acceptors (Lipinski definition) is 5. The van der Waals surface area contributed by atoms with E-state index < -0.39 is 119 Å². The Morgan fingerprint density at radius 3 is 2.40 bits per heavy atom. The van der Waals surface area contributed by atoms with Crippen LogP contribution in [0.4, 0.5) is 22.0 Å². The first-order valence-electron chi connectivity index (χ1n) is 22.7. The highest BCUT2D eigenvalue weighted by Crippen LogP contribution is 2.32. The topological polar surface area (TPSA) is 54.8 Å². The van der Waals surface area contributed by atoms with E-state index >= 15 is 9.18 Å². The number of pyridine rings is 1. The fraction of sp³-hybridized carbons (Fsp3) is 0.317. The van der Waals surface area contributed by atoms with Gasteiger partial charge in [-0.1, -0.05) is 60.1 Å². The number of amides is 1. The molecule has 0 aliphatic carbocycles. The molecule has 1 fully saturated rings. The summed E-state index contributed by atoms with van der Waals surface area (Å²) in [7, 11) is -3.06. The van der Waals surface area contributed by atoms with Crippen LogP contribution in [0, 0.1) is 18.6 Å². The number of hydrogen-bond donors (Lipinski definition) is 0. The Balaban J connectivity index is 1.48. The molecule has 2 heterocycles. The molecule has 1 aromatic heterocycles. The van der Waals surface area contributed by atoms with Crippen LogP contribution in [-0.4, -0.2) is 59.5 Å². The highest BCUT2D eigenvalue weighted by Gasteiger charge is 2.31. The first-order chi connectivity index (χ1) is 30.4. The molecule has 278 valence electrons. The predicted octanol–water partition coefficient (Wildman–Crippen LogP) is 8.71. The van der Waals surface area contributed by atoms with Crippen molar-refractivity contribution in [3.05, 3.63) is 135 Å². The summed E-state index contributed by atoms with van der Waals surface area (Å²) in [5.41, 5.74) is -5.97. The van der Waals surface area contributed by atoms with Gasteiger partial charge in [-0.05, 0) is 66.7 Å². The molecule has 5 aromatic rings. The van der Waals surface area contributed by atoms with Crippen molar-refractivity contribution in [2.24, 2.45) is 0 Å². The average molecular weight is 763 g/mol. The molecule has 4 aromatic carbocycles. The Hall–Kier alpha value is -4.52. The lowest BCUT2D eigenvalue weighted by Crippen LogP contribution is -2.48. The molecular weight excluding hydrogens is 710 g/mol. The van der Waals surface area contributed by atoms with Gasteiger partial charge >= 0.3 is 6.18 Å². The van der Waals surface area contributed by atoms with Crippen molar-refractivity contribution in [2.75, 3.05) is 33.2 Å². The number of likely N-dealkylation sites (tertiary alicyclic amines) is 1. The number of alkyl halides is 3. The number of halogens is 5. The highest BCUT2D eigenvalue weighted by molar-refractivity contribution is 7.98. The van der Waals surface area contributed by atoms with Crippen molar-refractivity contribution in [1.82, 2.24) is 14.4 Å². The molecule has 1 saturated heterocycles. The standard InChI is InChI=1S/C41H40F5N3O3S/c1-27-6-15-36-34(22-27)37(50)23-39(53-26-31-4-3-5-35(42)40(31)43)49(36)25-38(51)48(33-16-18-47(19-17-33)20-21-52-2)24-28-7-9-29(10-8-28)30-11-13-32(14-12-30)41(44,45)46/h3-15,22-23,33H,16-21,24-26H2,1-2H3/i2D3,6D,15D,21D2,22D,23D,25D2,26D2. The van der Waals surface area contributed by atoms with Gasteiger partial charge in [-0.25, -0.2) is 8.78 Å². The van der Waals surface area contributed by atoms with Gasteiger partial charge in [0.25, 0.3) is 0 Å². The zero-order valence-corrected chi connectivity index (χ0v) is 28.9. The van der Waals surface area contributed by atoms with E-state index in [4.69, 9.17) is 15.1 Å². The number of nitrogens with zero attached hydrogens (tertiary/aromatic N) is 3. The van der Waals surface area contributed by atoms with E-state index in [1.165, 1.54) is 36.1 Å². The van der Waals surface area contributed by atoms with Crippen molar-refractivity contribution in [3.8, 4) is 11.1 Å². The molecule has 0 bridgehead atoms. The lowest BCUT2D eigenvalue weighted by molar-refractivity contribution is -0.137. The fourth-order valence-corrected chi connectivity index (χ4v) is 6.63. The second kappa shape index (κ2) is 16.7. The van der Waals surface area contributed by atoms with Gasteiger partial charge in [0.2, 0.25) is 5.91 Å². The van der Waals surface area contributed by atoms with Crippen LogP contribution < -0.4 is 5.43 Å². The number of ether oxygens (including phenoxy) is 1. The molecular formula is C41H40F5N3O3S. The zero-order chi connectivity index (χ0) is 49.1. The molecule has 53 heavy (non-hydrogen) atoms. The Morgan fingerprint density at radius 1 is 1.02 bits per heavy atom. The number of rotatable bonds is 12. The van der Waals surface area contributed by atoms with Crippen molar-refractivity contribution in [1.29, 1.82) is 0 Å². The molecule has 6 nitrogen and oxygen atoms in total. The number of thioether (sulfide) groups is 1. The number of aromatic nitrogens is 1. The molecule has 1 aliphatic rings. The van der Waals surface area contributed by atoms with Crippen LogP contribution in [0.25, 0.3) is 22.0 Å². The molecule has 0 N–H and O–H groups in total. The third-order valence-electron chi connectivity index (χ3n) is 8.68. The molecule has 0 atom stereocenters. The average Bonchev–Trinajstić information content (AvgIpc) is 3.22. The monoisotopic (exact) mass is 762 g/mol. The van der Waals surface area contributed by atoms with Crippen LogP contribution in [0.3, 0.4) is 0 Å². The molecule has 12 heteroatoms. The van der Waals surface area contributed by atoms with Crippen molar-refractivity contribution in [3.63, 3.8) is 0 Å². The number of carbonyl (C=O) groups is 1. The number of fused-ring (bicyclic) bond motifs is 1. The van der Waals surface area contributed by atoms with E-state index in [2.05, 4.69) is 4.74 Å². The summed E-state index contributed by atoms with van der Waals surface area (Å²) in [5, 5.41) is -1.72. The maximum atomic E-state index is 15.2. The van der Waals surface area contributed by atoms with Crippen LogP contribution in [0.15, 0.2) is 101 Å². The van der Waals surface area contributed by atoms with E-state index in [-0.39, 0.29) is 49.8 Å². The third kappa shape index (κ3) is 9.17. The van der Waals surface area contributed by atoms with Gasteiger partial charge in [-0.3, -0.25) is 9.59 Å². The molecule has 1 aliphatic heterocycles. The normalized spacial score (nSPS) is 18.8. The van der Waals surface area contributed by atoms with Crippen LogP contribution in [0.1, 0.15) is 52.9 Å². The lowest BCUT2D eigenvalue weighted by atomic mass is 10.00. The van der Waals surface area contributed by atoms with Crippen molar-refractivity contribution >= 4 is 28.6 Å². The summed E-state index contributed by atoms with van der Waals surface area (Å²) in [5.74, 6) is -4.51. The quantitative estimate of drug-likeness (QED) is 0.0941. The highest BCUT2D eigenvalue weighted by atomic mass is 32.2. The molecule has 0 saturated carbocycles. The maximum Gasteiger partial charge on any atom is 0.416 e. The minimum atomic E-state index is -4.57. The maximum absolute atomic E-state index is 15.2. The number of benzene rings is 4. The van der Waals surface area contributed by atoms with Gasteiger partial charge in [-0.2, -0.15) is 13.2 Å². The van der Waals surface area contributed by atoms with Gasteiger partial charge in [0.05, 0.1) is 37.7 Å². The van der Waals surface area contributed by atoms with E-state index in [9.17, 15) is 25.1 Å². The minimum absolute atomic E-state index is 0.0174. The summed E-state index contributed by atoms with van der Waals surface area (Å²) >= 11 is -0.136. The van der Waals surface area contributed by atoms with Gasteiger partial charge in [0.15, 0.2) is 17.1 Å². The fourth-order valence-electron chi connectivity index (χ4n) is 5.90. The summed E-state index contributed by atoms with van der Waals surface area (Å²) in [6.07, 6.45) is -4.54. The van der Waals surface area contributed by atoms with E-state index in [0.717, 1.165) is 29.2 Å². The number of piperidine rings is 1. The molecule has 6 rings (SSSR count). The largest absolute Gasteiger partial charge is 0.416 e. The second-order valence-corrected chi connectivity index (χ2v) is 13.0. The van der Waals surface area contributed by atoms with Crippen LogP contribution >= 0.6 is 11.8 Å². The van der Waals surface area contributed by atoms with Crippen molar-refractivity contribution < 1.29 is 49.3 Å². The SMILES string of the molecule is [2H]c1c(C)c([2H])c2c(=O)c([2H])c(SC([2H])([2H])c3cccc(F)c3F)n(C([2H])([2H])C(=O)N(Cc3ccc(-c4ccc(C(F)(F)F)cc4)cc3)C3CCN(CC([2H])([2H])OC([2H])([2H])[2H])CC3)c2c1[2H].